The van der Waals surface area contributed by atoms with Crippen LogP contribution in [-0.2, 0) is 9.59 Å². The predicted octanol–water partition coefficient (Wildman–Crippen LogP) is 5.08. The van der Waals surface area contributed by atoms with Crippen LogP contribution in [0.1, 0.15) is 90.2 Å². The summed E-state index contributed by atoms with van der Waals surface area (Å²) in [6.07, 6.45) is 4.29. The van der Waals surface area contributed by atoms with E-state index in [1.165, 1.54) is 6.42 Å². The molecule has 1 aliphatic heterocycles. The van der Waals surface area contributed by atoms with Gasteiger partial charge in [-0.1, -0.05) is 52.8 Å². The number of amides is 2. The van der Waals surface area contributed by atoms with Gasteiger partial charge in [0.15, 0.2) is 0 Å². The molecule has 1 aromatic rings. The summed E-state index contributed by atoms with van der Waals surface area (Å²) in [5.74, 6) is 0.580. The number of anilines is 1. The second kappa shape index (κ2) is 9.38. The van der Waals surface area contributed by atoms with Crippen molar-refractivity contribution in [2.75, 3.05) is 18.0 Å². The third kappa shape index (κ3) is 4.91. The van der Waals surface area contributed by atoms with Gasteiger partial charge in [-0.05, 0) is 48.6 Å². The topological polar surface area (TPSA) is 40.6 Å². The Hall–Kier alpha value is -1.84. The first kappa shape index (κ1) is 21.5. The second-order valence-corrected chi connectivity index (χ2v) is 8.34. The lowest BCUT2D eigenvalue weighted by molar-refractivity contribution is -0.134. The van der Waals surface area contributed by atoms with Crippen LogP contribution in [0.5, 0.6) is 0 Å². The third-order valence-corrected chi connectivity index (χ3v) is 5.70. The van der Waals surface area contributed by atoms with Crippen LogP contribution in [0.25, 0.3) is 0 Å². The van der Waals surface area contributed by atoms with E-state index in [9.17, 15) is 9.59 Å². The summed E-state index contributed by atoms with van der Waals surface area (Å²) in [6.45, 7) is 13.2. The monoisotopic (exact) mass is 372 g/mol. The Kier molecular flexibility index (Phi) is 7.46. The van der Waals surface area contributed by atoms with Gasteiger partial charge >= 0.3 is 0 Å². The lowest BCUT2D eigenvalue weighted by atomic mass is 9.91. The highest BCUT2D eigenvalue weighted by Gasteiger charge is 2.29. The summed E-state index contributed by atoms with van der Waals surface area (Å²) in [5.41, 5.74) is 3.21. The zero-order valence-electron chi connectivity index (χ0n) is 17.9. The molecule has 27 heavy (non-hydrogen) atoms. The number of hydrogen-bond acceptors (Lipinski definition) is 2. The van der Waals surface area contributed by atoms with Gasteiger partial charge in [-0.3, -0.25) is 9.59 Å². The molecule has 0 bridgehead atoms. The maximum absolute atomic E-state index is 13.1. The van der Waals surface area contributed by atoms with E-state index in [1.807, 2.05) is 4.90 Å². The lowest BCUT2D eigenvalue weighted by Crippen LogP contribution is -2.49. The normalized spacial score (nSPS) is 17.5. The van der Waals surface area contributed by atoms with Crippen molar-refractivity contribution >= 4 is 17.5 Å². The molecule has 0 saturated carbocycles. The van der Waals surface area contributed by atoms with Gasteiger partial charge in [-0.2, -0.15) is 0 Å². The molecule has 0 radical (unpaired) electrons. The van der Waals surface area contributed by atoms with E-state index >= 15 is 0 Å². The van der Waals surface area contributed by atoms with Crippen molar-refractivity contribution in [3.63, 3.8) is 0 Å². The van der Waals surface area contributed by atoms with Crippen molar-refractivity contribution in [3.05, 3.63) is 29.3 Å². The first-order chi connectivity index (χ1) is 12.8. The number of piperidine rings is 1. The largest absolute Gasteiger partial charge is 0.338 e. The van der Waals surface area contributed by atoms with Gasteiger partial charge < -0.3 is 9.80 Å². The molecule has 150 valence electrons. The van der Waals surface area contributed by atoms with Crippen LogP contribution in [0.4, 0.5) is 5.69 Å². The minimum atomic E-state index is -0.0663. The first-order valence-corrected chi connectivity index (χ1v) is 10.5. The Morgan fingerprint density at radius 1 is 1.11 bits per heavy atom. The van der Waals surface area contributed by atoms with E-state index in [0.717, 1.165) is 42.6 Å². The van der Waals surface area contributed by atoms with E-state index in [0.29, 0.717) is 6.04 Å². The van der Waals surface area contributed by atoms with Crippen LogP contribution in [0.3, 0.4) is 0 Å². The number of para-hydroxylation sites is 1. The number of likely N-dealkylation sites (tertiary alicyclic amines) is 1. The molecule has 4 nitrogen and oxygen atoms in total. The molecule has 1 fully saturated rings. The van der Waals surface area contributed by atoms with Crippen LogP contribution in [0.15, 0.2) is 18.2 Å². The molecule has 0 aliphatic carbocycles. The Morgan fingerprint density at radius 2 is 1.70 bits per heavy atom. The SMILES string of the molecule is CCC1CCCCN1C(=O)CN(C(C)=O)c1c(C(C)C)cccc1C(C)C. The summed E-state index contributed by atoms with van der Waals surface area (Å²) < 4.78 is 0. The zero-order valence-corrected chi connectivity index (χ0v) is 17.9. The standard InChI is InChI=1S/C23H36N2O2/c1-7-19-11-8-9-14-24(19)22(27)15-25(18(6)26)23-20(16(2)3)12-10-13-21(23)17(4)5/h10,12-13,16-17,19H,7-9,11,14-15H2,1-6H3. The number of nitrogens with zero attached hydrogens (tertiary/aromatic N) is 2. The second-order valence-electron chi connectivity index (χ2n) is 8.34. The van der Waals surface area contributed by atoms with Crippen LogP contribution < -0.4 is 4.90 Å². The minimum absolute atomic E-state index is 0.0663. The van der Waals surface area contributed by atoms with Crippen LogP contribution in [0, 0.1) is 0 Å². The van der Waals surface area contributed by atoms with Crippen molar-refractivity contribution in [1.29, 1.82) is 0 Å². The number of hydrogen-bond donors (Lipinski definition) is 0. The summed E-state index contributed by atoms with van der Waals surface area (Å²) in [5, 5.41) is 0. The number of carbonyl (C=O) groups is 2. The smallest absolute Gasteiger partial charge is 0.242 e. The Balaban J connectivity index is 2.40. The van der Waals surface area contributed by atoms with Gasteiger partial charge in [-0.25, -0.2) is 0 Å². The zero-order chi connectivity index (χ0) is 20.1. The minimum Gasteiger partial charge on any atom is -0.338 e. The molecule has 1 saturated heterocycles. The van der Waals surface area contributed by atoms with Crippen molar-refractivity contribution < 1.29 is 9.59 Å². The number of benzene rings is 1. The van der Waals surface area contributed by atoms with E-state index in [1.54, 1.807) is 11.8 Å². The average Bonchev–Trinajstić information content (AvgIpc) is 2.64. The molecule has 1 unspecified atom stereocenters. The van der Waals surface area contributed by atoms with E-state index < -0.39 is 0 Å². The Morgan fingerprint density at radius 3 is 2.19 bits per heavy atom. The molecule has 1 heterocycles. The fraction of sp³-hybridized carbons (Fsp3) is 0.652. The van der Waals surface area contributed by atoms with E-state index in [2.05, 4.69) is 52.8 Å². The molecule has 2 amide bonds. The van der Waals surface area contributed by atoms with E-state index in [4.69, 9.17) is 0 Å². The summed E-state index contributed by atoms with van der Waals surface area (Å²) >= 11 is 0. The number of rotatable bonds is 6. The van der Waals surface area contributed by atoms with Gasteiger partial charge in [0.25, 0.3) is 0 Å². The summed E-state index contributed by atoms with van der Waals surface area (Å²) in [6, 6.07) is 6.54. The molecular formula is C23H36N2O2. The van der Waals surface area contributed by atoms with Crippen molar-refractivity contribution in [2.24, 2.45) is 0 Å². The van der Waals surface area contributed by atoms with Gasteiger partial charge in [0.1, 0.15) is 6.54 Å². The molecule has 1 aliphatic rings. The molecule has 4 heteroatoms. The highest BCUT2D eigenvalue weighted by molar-refractivity contribution is 5.99. The maximum atomic E-state index is 13.1. The van der Waals surface area contributed by atoms with Crippen LogP contribution in [-0.4, -0.2) is 35.8 Å². The van der Waals surface area contributed by atoms with Crippen molar-refractivity contribution in [3.8, 4) is 0 Å². The molecule has 0 aromatic heterocycles. The highest BCUT2D eigenvalue weighted by atomic mass is 16.2. The van der Waals surface area contributed by atoms with Gasteiger partial charge in [0, 0.05) is 19.5 Å². The predicted molar refractivity (Wildman–Crippen MR) is 112 cm³/mol. The Labute approximate surface area is 164 Å². The molecular weight excluding hydrogens is 336 g/mol. The van der Waals surface area contributed by atoms with Gasteiger partial charge in [0.2, 0.25) is 11.8 Å². The van der Waals surface area contributed by atoms with Gasteiger partial charge in [0.05, 0.1) is 5.69 Å². The molecule has 1 atom stereocenters. The summed E-state index contributed by atoms with van der Waals surface area (Å²) in [4.78, 5) is 29.5. The fourth-order valence-electron chi connectivity index (χ4n) is 4.15. The average molecular weight is 373 g/mol. The molecule has 2 rings (SSSR count). The van der Waals surface area contributed by atoms with Crippen LogP contribution >= 0.6 is 0 Å². The lowest BCUT2D eigenvalue weighted by Gasteiger charge is -2.37. The molecule has 1 aromatic carbocycles. The maximum Gasteiger partial charge on any atom is 0.242 e. The Bertz CT molecular complexity index is 640. The summed E-state index contributed by atoms with van der Waals surface area (Å²) in [7, 11) is 0. The van der Waals surface area contributed by atoms with Crippen molar-refractivity contribution in [2.45, 2.75) is 85.1 Å². The molecule has 0 N–H and O–H groups in total. The highest BCUT2D eigenvalue weighted by Crippen LogP contribution is 2.35. The quantitative estimate of drug-likeness (QED) is 0.699. The van der Waals surface area contributed by atoms with Crippen molar-refractivity contribution in [1.82, 2.24) is 4.90 Å². The first-order valence-electron chi connectivity index (χ1n) is 10.5. The van der Waals surface area contributed by atoms with Crippen LogP contribution in [0.2, 0.25) is 0 Å². The fourth-order valence-corrected chi connectivity index (χ4v) is 4.15. The third-order valence-electron chi connectivity index (χ3n) is 5.70. The van der Waals surface area contributed by atoms with Gasteiger partial charge in [-0.15, -0.1) is 0 Å². The molecule has 0 spiro atoms. The van der Waals surface area contributed by atoms with E-state index in [-0.39, 0.29) is 30.2 Å². The number of carbonyl (C=O) groups excluding carboxylic acids is 2.